The molecule has 2 heterocycles. The molecule has 0 unspecified atom stereocenters. The molecule has 126 valence electrons. The van der Waals surface area contributed by atoms with Gasteiger partial charge in [0.1, 0.15) is 12.1 Å². The van der Waals surface area contributed by atoms with Crippen LogP contribution >= 0.6 is 0 Å². The fourth-order valence-electron chi connectivity index (χ4n) is 2.79. The Morgan fingerprint density at radius 1 is 1.08 bits per heavy atom. The van der Waals surface area contributed by atoms with E-state index in [1.54, 1.807) is 22.6 Å². The summed E-state index contributed by atoms with van der Waals surface area (Å²) in [4.78, 5) is 6.78. The number of fused-ring (bicyclic) bond motifs is 3. The molecule has 0 radical (unpaired) electrons. The molecule has 0 fully saturated rings. The van der Waals surface area contributed by atoms with Crippen LogP contribution in [-0.4, -0.2) is 41.3 Å². The number of sulfone groups is 1. The summed E-state index contributed by atoms with van der Waals surface area (Å²) in [6.45, 7) is 0. The smallest absolute Gasteiger partial charge is 0.257 e. The Hall–Kier alpha value is -3.00. The van der Waals surface area contributed by atoms with Crippen molar-refractivity contribution in [2.75, 3.05) is 18.2 Å². The summed E-state index contributed by atoms with van der Waals surface area (Å²) in [5.74, 6) is 1.10. The van der Waals surface area contributed by atoms with Crippen LogP contribution in [0.1, 0.15) is 0 Å². The Balaban J connectivity index is 2.04. The third-order valence-electron chi connectivity index (χ3n) is 4.09. The monoisotopic (exact) mass is 353 g/mol. The highest BCUT2D eigenvalue weighted by molar-refractivity contribution is 7.90. The summed E-state index contributed by atoms with van der Waals surface area (Å²) in [6, 6.07) is 14.8. The highest BCUT2D eigenvalue weighted by Gasteiger charge is 2.17. The lowest BCUT2D eigenvalue weighted by molar-refractivity contribution is 0.602. The molecule has 0 saturated heterocycles. The lowest BCUT2D eigenvalue weighted by Gasteiger charge is -2.20. The van der Waals surface area contributed by atoms with Crippen LogP contribution in [0.25, 0.3) is 16.7 Å². The average molecular weight is 353 g/mol. The number of hydrogen-bond acceptors (Lipinski definition) is 6. The summed E-state index contributed by atoms with van der Waals surface area (Å²) < 4.78 is 25.5. The highest BCUT2D eigenvalue weighted by Crippen LogP contribution is 2.31. The fourth-order valence-corrected chi connectivity index (χ4v) is 3.43. The number of anilines is 2. The van der Waals surface area contributed by atoms with Gasteiger partial charge in [-0.25, -0.2) is 8.42 Å². The molecule has 25 heavy (non-hydrogen) atoms. The molecule has 0 spiro atoms. The lowest BCUT2D eigenvalue weighted by Crippen LogP contribution is -2.13. The van der Waals surface area contributed by atoms with E-state index < -0.39 is 9.84 Å². The lowest BCUT2D eigenvalue weighted by atomic mass is 10.2. The highest BCUT2D eigenvalue weighted by atomic mass is 32.2. The summed E-state index contributed by atoms with van der Waals surface area (Å²) in [5.41, 5.74) is 1.66. The van der Waals surface area contributed by atoms with E-state index in [4.69, 9.17) is 0 Å². The third kappa shape index (κ3) is 2.60. The molecule has 2 aromatic heterocycles. The second-order valence-electron chi connectivity index (χ2n) is 5.78. The molecular formula is C17H15N5O2S. The first-order valence-electron chi connectivity index (χ1n) is 7.57. The molecule has 4 aromatic rings. The number of nitrogens with zero attached hydrogens (tertiary/aromatic N) is 5. The van der Waals surface area contributed by atoms with Crippen LogP contribution < -0.4 is 4.90 Å². The second kappa shape index (κ2) is 5.52. The van der Waals surface area contributed by atoms with E-state index in [0.29, 0.717) is 17.1 Å². The van der Waals surface area contributed by atoms with Crippen molar-refractivity contribution in [1.82, 2.24) is 19.6 Å². The van der Waals surface area contributed by atoms with Crippen LogP contribution in [0.15, 0.2) is 59.8 Å². The molecule has 0 amide bonds. The van der Waals surface area contributed by atoms with E-state index in [0.717, 1.165) is 11.1 Å². The molecule has 8 heteroatoms. The summed E-state index contributed by atoms with van der Waals surface area (Å²) >= 11 is 0. The number of aromatic nitrogens is 4. The van der Waals surface area contributed by atoms with Crippen LogP contribution in [0.5, 0.6) is 0 Å². The van der Waals surface area contributed by atoms with Crippen LogP contribution in [0.4, 0.5) is 11.5 Å². The van der Waals surface area contributed by atoms with Gasteiger partial charge in [0.25, 0.3) is 5.78 Å². The van der Waals surface area contributed by atoms with E-state index in [2.05, 4.69) is 15.2 Å². The van der Waals surface area contributed by atoms with E-state index in [9.17, 15) is 8.42 Å². The van der Waals surface area contributed by atoms with Crippen LogP contribution in [0.2, 0.25) is 0 Å². The number of para-hydroxylation sites is 1. The van der Waals surface area contributed by atoms with Gasteiger partial charge in [0.05, 0.1) is 10.4 Å². The molecule has 0 atom stereocenters. The van der Waals surface area contributed by atoms with Gasteiger partial charge in [-0.15, -0.1) is 10.2 Å². The van der Waals surface area contributed by atoms with Gasteiger partial charge >= 0.3 is 0 Å². The molecule has 0 aliphatic rings. The summed E-state index contributed by atoms with van der Waals surface area (Å²) in [7, 11) is -1.41. The Labute approximate surface area is 144 Å². The molecule has 7 nitrogen and oxygen atoms in total. The van der Waals surface area contributed by atoms with Gasteiger partial charge in [-0.1, -0.05) is 18.2 Å². The quantitative estimate of drug-likeness (QED) is 0.563. The number of benzene rings is 2. The number of hydrogen-bond donors (Lipinski definition) is 0. The number of rotatable bonds is 3. The Morgan fingerprint density at radius 3 is 2.56 bits per heavy atom. The van der Waals surface area contributed by atoms with Crippen molar-refractivity contribution in [2.45, 2.75) is 4.90 Å². The predicted octanol–water partition coefficient (Wildman–Crippen LogP) is 2.45. The van der Waals surface area contributed by atoms with Crippen LogP contribution in [-0.2, 0) is 9.84 Å². The van der Waals surface area contributed by atoms with E-state index >= 15 is 0 Å². The molecule has 0 aliphatic heterocycles. The Morgan fingerprint density at radius 2 is 1.84 bits per heavy atom. The first-order chi connectivity index (χ1) is 11.9. The van der Waals surface area contributed by atoms with E-state index in [-0.39, 0.29) is 4.90 Å². The predicted molar refractivity (Wildman–Crippen MR) is 95.9 cm³/mol. The molecule has 4 rings (SSSR count). The van der Waals surface area contributed by atoms with Gasteiger partial charge in [0.2, 0.25) is 0 Å². The zero-order chi connectivity index (χ0) is 17.6. The zero-order valence-corrected chi connectivity index (χ0v) is 14.5. The fraction of sp³-hybridized carbons (Fsp3) is 0.118. The van der Waals surface area contributed by atoms with Crippen LogP contribution in [0, 0.1) is 0 Å². The molecule has 2 aromatic carbocycles. The van der Waals surface area contributed by atoms with Crippen LogP contribution in [0.3, 0.4) is 0 Å². The van der Waals surface area contributed by atoms with Crippen molar-refractivity contribution in [2.24, 2.45) is 0 Å². The summed E-state index contributed by atoms with van der Waals surface area (Å²) in [6.07, 6.45) is 2.72. The minimum atomic E-state index is -3.32. The first-order valence-corrected chi connectivity index (χ1v) is 9.46. The van der Waals surface area contributed by atoms with Gasteiger partial charge in [-0.05, 0) is 30.3 Å². The maximum Gasteiger partial charge on any atom is 0.257 e. The third-order valence-corrected chi connectivity index (χ3v) is 5.20. The SMILES string of the molecule is CN(c1ccccc1)c1nc2nncn2c2cc(S(C)(=O)=O)ccc12. The van der Waals surface area contributed by atoms with Crippen molar-refractivity contribution >= 4 is 38.0 Å². The Bertz CT molecular complexity index is 1190. The molecule has 0 N–H and O–H groups in total. The Kier molecular flexibility index (Phi) is 3.43. The van der Waals surface area contributed by atoms with Crippen molar-refractivity contribution < 1.29 is 8.42 Å². The van der Waals surface area contributed by atoms with Crippen molar-refractivity contribution in [3.63, 3.8) is 0 Å². The topological polar surface area (TPSA) is 80.5 Å². The second-order valence-corrected chi connectivity index (χ2v) is 7.80. The standard InChI is InChI=1S/C17H15N5O2S/c1-21(12-6-4-3-5-7-12)16-14-9-8-13(25(2,23)24)10-15(14)22-11-18-20-17(22)19-16/h3-11H,1-2H3. The average Bonchev–Trinajstić information content (AvgIpc) is 3.09. The minimum absolute atomic E-state index is 0.245. The van der Waals surface area contributed by atoms with Gasteiger partial charge < -0.3 is 4.90 Å². The maximum atomic E-state index is 11.9. The normalized spacial score (nSPS) is 11.9. The van der Waals surface area contributed by atoms with Gasteiger partial charge in [-0.2, -0.15) is 4.98 Å². The first kappa shape index (κ1) is 15.5. The van der Waals surface area contributed by atoms with E-state index in [1.807, 2.05) is 42.3 Å². The minimum Gasteiger partial charge on any atom is -0.329 e. The molecule has 0 aliphatic carbocycles. The van der Waals surface area contributed by atoms with Gasteiger partial charge in [0.15, 0.2) is 9.84 Å². The van der Waals surface area contributed by atoms with Crippen molar-refractivity contribution in [1.29, 1.82) is 0 Å². The molecule has 0 bridgehead atoms. The zero-order valence-electron chi connectivity index (χ0n) is 13.7. The molecule has 0 saturated carbocycles. The van der Waals surface area contributed by atoms with Crippen molar-refractivity contribution in [3.05, 3.63) is 54.9 Å². The van der Waals surface area contributed by atoms with Crippen molar-refractivity contribution in [3.8, 4) is 0 Å². The molecular weight excluding hydrogens is 338 g/mol. The maximum absolute atomic E-state index is 11.9. The van der Waals surface area contributed by atoms with Gasteiger partial charge in [0, 0.05) is 24.4 Å². The van der Waals surface area contributed by atoms with E-state index in [1.165, 1.54) is 12.6 Å². The summed E-state index contributed by atoms with van der Waals surface area (Å²) in [5, 5.41) is 8.73. The largest absolute Gasteiger partial charge is 0.329 e. The van der Waals surface area contributed by atoms with Gasteiger partial charge in [-0.3, -0.25) is 4.40 Å².